The number of aromatic nitrogens is 4. The maximum atomic E-state index is 12.9. The predicted octanol–water partition coefficient (Wildman–Crippen LogP) is 4.26. The van der Waals surface area contributed by atoms with Crippen molar-refractivity contribution in [3.05, 3.63) is 65.0 Å². The van der Waals surface area contributed by atoms with Gasteiger partial charge in [-0.15, -0.1) is 10.2 Å². The summed E-state index contributed by atoms with van der Waals surface area (Å²) in [4.78, 5) is 12.9. The van der Waals surface area contributed by atoms with Crippen molar-refractivity contribution in [2.75, 3.05) is 12.4 Å². The van der Waals surface area contributed by atoms with E-state index >= 15 is 0 Å². The summed E-state index contributed by atoms with van der Waals surface area (Å²) in [7, 11) is 0. The molecule has 10 heteroatoms. The van der Waals surface area contributed by atoms with E-state index in [4.69, 9.17) is 18.4 Å². The van der Waals surface area contributed by atoms with Gasteiger partial charge in [0.25, 0.3) is 11.1 Å². The van der Waals surface area contributed by atoms with Gasteiger partial charge in [0, 0.05) is 23.0 Å². The first-order valence-electron chi connectivity index (χ1n) is 10.00. The van der Waals surface area contributed by atoms with Crippen molar-refractivity contribution in [3.8, 4) is 17.3 Å². The van der Waals surface area contributed by atoms with E-state index in [1.54, 1.807) is 0 Å². The third kappa shape index (κ3) is 3.77. The number of nitrogens with zero attached hydrogens (tertiary/aromatic N) is 4. The van der Waals surface area contributed by atoms with Gasteiger partial charge in [-0.1, -0.05) is 29.1 Å². The van der Waals surface area contributed by atoms with E-state index in [9.17, 15) is 4.79 Å². The summed E-state index contributed by atoms with van der Waals surface area (Å²) in [5.41, 5.74) is 2.33. The van der Waals surface area contributed by atoms with Gasteiger partial charge in [-0.3, -0.25) is 9.36 Å². The highest BCUT2D eigenvalue weighted by atomic mass is 32.2. The van der Waals surface area contributed by atoms with Crippen molar-refractivity contribution in [2.45, 2.75) is 32.1 Å². The average Bonchev–Trinajstić information content (AvgIpc) is 3.51. The van der Waals surface area contributed by atoms with Crippen molar-refractivity contribution in [2.24, 2.45) is 0 Å². The van der Waals surface area contributed by atoms with Gasteiger partial charge in [-0.2, -0.15) is 0 Å². The molecule has 0 spiro atoms. The van der Waals surface area contributed by atoms with E-state index in [2.05, 4.69) is 15.4 Å². The molecule has 4 aromatic rings. The summed E-state index contributed by atoms with van der Waals surface area (Å²) in [6, 6.07) is 11.1. The van der Waals surface area contributed by atoms with Crippen LogP contribution in [-0.2, 0) is 0 Å². The largest absolute Gasteiger partial charge is 0.485 e. The number of ketones is 1. The first-order chi connectivity index (χ1) is 15.5. The molecular formula is C22H20N4O5S. The molecule has 0 saturated heterocycles. The molecule has 0 amide bonds. The smallest absolute Gasteiger partial charge is 0.277 e. The van der Waals surface area contributed by atoms with Crippen LogP contribution in [-0.4, -0.2) is 38.1 Å². The lowest BCUT2D eigenvalue weighted by Gasteiger charge is -2.23. The summed E-state index contributed by atoms with van der Waals surface area (Å²) in [5, 5.41) is 12.5. The Hall–Kier alpha value is -3.53. The van der Waals surface area contributed by atoms with Crippen LogP contribution in [0.2, 0.25) is 0 Å². The lowest BCUT2D eigenvalue weighted by atomic mass is 10.2. The monoisotopic (exact) mass is 452 g/mol. The summed E-state index contributed by atoms with van der Waals surface area (Å²) < 4.78 is 24.4. The minimum absolute atomic E-state index is 0.0412. The van der Waals surface area contributed by atoms with E-state index in [-0.39, 0.29) is 18.1 Å². The number of ether oxygens (including phenoxy) is 2. The van der Waals surface area contributed by atoms with Crippen molar-refractivity contribution >= 4 is 17.5 Å². The van der Waals surface area contributed by atoms with E-state index < -0.39 is 6.10 Å². The maximum absolute atomic E-state index is 12.9. The summed E-state index contributed by atoms with van der Waals surface area (Å²) in [6.07, 6.45) is -0.493. The highest BCUT2D eigenvalue weighted by Gasteiger charge is 2.27. The molecule has 0 N–H and O–H groups in total. The molecule has 1 unspecified atom stereocenters. The zero-order valence-corrected chi connectivity index (χ0v) is 18.5. The van der Waals surface area contributed by atoms with Crippen LogP contribution in [0.4, 0.5) is 0 Å². The van der Waals surface area contributed by atoms with Gasteiger partial charge in [0.2, 0.25) is 6.10 Å². The van der Waals surface area contributed by atoms with E-state index in [1.807, 2.05) is 61.7 Å². The minimum atomic E-state index is -0.493. The highest BCUT2D eigenvalue weighted by Crippen LogP contribution is 2.36. The quantitative estimate of drug-likeness (QED) is 0.313. The number of carbonyl (C=O) groups excluding carboxylic acids is 1. The Bertz CT molecular complexity index is 1290. The number of Topliss-reactive ketones (excluding diaryl/α,β-unsaturated/α-hetero) is 1. The zero-order chi connectivity index (χ0) is 22.2. The second-order valence-corrected chi connectivity index (χ2v) is 8.32. The van der Waals surface area contributed by atoms with Crippen LogP contribution < -0.4 is 9.47 Å². The average molecular weight is 452 g/mol. The molecule has 0 bridgehead atoms. The molecule has 4 heterocycles. The predicted molar refractivity (Wildman–Crippen MR) is 115 cm³/mol. The van der Waals surface area contributed by atoms with Gasteiger partial charge in [0.1, 0.15) is 12.4 Å². The van der Waals surface area contributed by atoms with Crippen molar-refractivity contribution < 1.29 is 23.2 Å². The lowest BCUT2D eigenvalue weighted by Crippen LogP contribution is -2.21. The molecule has 9 nitrogen and oxygen atoms in total. The molecule has 1 aliphatic heterocycles. The molecule has 164 valence electrons. The molecule has 1 aliphatic rings. The van der Waals surface area contributed by atoms with Crippen LogP contribution in [0.25, 0.3) is 5.82 Å². The molecule has 0 saturated carbocycles. The summed E-state index contributed by atoms with van der Waals surface area (Å²) in [6.45, 7) is 5.92. The number of aryl methyl sites for hydroxylation is 2. The Morgan fingerprint density at radius 2 is 1.97 bits per heavy atom. The first-order valence-corrected chi connectivity index (χ1v) is 11.0. The van der Waals surface area contributed by atoms with Crippen LogP contribution >= 0.6 is 11.8 Å². The molecule has 1 atom stereocenters. The Labute approximate surface area is 187 Å². The number of carbonyl (C=O) groups is 1. The lowest BCUT2D eigenvalue weighted by molar-refractivity contribution is 0.0686. The van der Waals surface area contributed by atoms with Crippen molar-refractivity contribution in [1.29, 1.82) is 0 Å². The Balaban J connectivity index is 1.25. The van der Waals surface area contributed by atoms with E-state index in [1.165, 1.54) is 11.8 Å². The van der Waals surface area contributed by atoms with Crippen molar-refractivity contribution in [3.63, 3.8) is 0 Å². The van der Waals surface area contributed by atoms with Gasteiger partial charge in [0.15, 0.2) is 23.1 Å². The minimum Gasteiger partial charge on any atom is -0.485 e. The number of hydrogen-bond acceptors (Lipinski definition) is 9. The molecule has 32 heavy (non-hydrogen) atoms. The maximum Gasteiger partial charge on any atom is 0.277 e. The molecule has 5 rings (SSSR count). The second-order valence-electron chi connectivity index (χ2n) is 7.40. The highest BCUT2D eigenvalue weighted by molar-refractivity contribution is 7.99. The van der Waals surface area contributed by atoms with Gasteiger partial charge in [-0.05, 0) is 39.0 Å². The molecule has 0 radical (unpaired) electrons. The number of hydrogen-bond donors (Lipinski definition) is 0. The molecule has 1 aromatic carbocycles. The third-order valence-corrected chi connectivity index (χ3v) is 5.93. The van der Waals surface area contributed by atoms with Crippen LogP contribution in [0.3, 0.4) is 0 Å². The van der Waals surface area contributed by atoms with Gasteiger partial charge in [-0.25, -0.2) is 0 Å². The van der Waals surface area contributed by atoms with Gasteiger partial charge >= 0.3 is 0 Å². The Kier molecular flexibility index (Phi) is 5.22. The molecule has 0 aliphatic carbocycles. The summed E-state index contributed by atoms with van der Waals surface area (Å²) in [5.74, 6) is 3.11. The molecular weight excluding hydrogens is 432 g/mol. The first kappa shape index (κ1) is 20.4. The third-order valence-electron chi connectivity index (χ3n) is 5.11. The standard InChI is InChI=1S/C22H20N4O5S/c1-12-8-15(14(3)26(12)20-9-13(2)31-25-20)16(27)11-32-22-24-23-21(30-22)19-10-28-17-6-4-5-7-18(17)29-19/h4-9,19H,10-11H2,1-3H3. The zero-order valence-electron chi connectivity index (χ0n) is 17.7. The number of thioether (sulfide) groups is 1. The number of fused-ring (bicyclic) bond motifs is 1. The topological polar surface area (TPSA) is 105 Å². The van der Waals surface area contributed by atoms with Crippen LogP contribution in [0.5, 0.6) is 11.5 Å². The van der Waals surface area contributed by atoms with Crippen molar-refractivity contribution in [1.82, 2.24) is 19.9 Å². The van der Waals surface area contributed by atoms with Crippen LogP contribution in [0, 0.1) is 20.8 Å². The van der Waals surface area contributed by atoms with E-state index in [0.29, 0.717) is 39.8 Å². The Morgan fingerprint density at radius 3 is 2.75 bits per heavy atom. The van der Waals surface area contributed by atoms with E-state index in [0.717, 1.165) is 11.4 Å². The normalized spacial score (nSPS) is 15.2. The van der Waals surface area contributed by atoms with Crippen LogP contribution in [0.15, 0.2) is 50.6 Å². The molecule has 3 aromatic heterocycles. The Morgan fingerprint density at radius 1 is 1.16 bits per heavy atom. The number of para-hydroxylation sites is 2. The van der Waals surface area contributed by atoms with Gasteiger partial charge in [0.05, 0.1) is 5.75 Å². The second kappa shape index (κ2) is 8.19. The summed E-state index contributed by atoms with van der Waals surface area (Å²) >= 11 is 1.19. The fraction of sp³-hybridized carbons (Fsp3) is 0.273. The fourth-order valence-electron chi connectivity index (χ4n) is 3.61. The van der Waals surface area contributed by atoms with Crippen LogP contribution in [0.1, 0.15) is 39.5 Å². The van der Waals surface area contributed by atoms with Gasteiger partial charge < -0.3 is 18.4 Å². The number of benzene rings is 1. The molecule has 0 fully saturated rings. The SMILES string of the molecule is Cc1cc(-n2c(C)cc(C(=O)CSc3nnc(C4COc5ccccc5O4)o3)c2C)no1. The number of rotatable bonds is 6. The fourth-order valence-corrected chi connectivity index (χ4v) is 4.26.